The number of rotatable bonds is 3. The Morgan fingerprint density at radius 3 is 3.06 bits per heavy atom. The summed E-state index contributed by atoms with van der Waals surface area (Å²) in [6.45, 7) is 2.60. The van der Waals surface area contributed by atoms with E-state index in [1.165, 1.54) is 4.88 Å². The fraction of sp³-hybridized carbons (Fsp3) is 0.231. The minimum atomic E-state index is 0.616. The predicted molar refractivity (Wildman–Crippen MR) is 73.8 cm³/mol. The number of aryl methyl sites for hydroxylation is 1. The van der Waals surface area contributed by atoms with Gasteiger partial charge in [0.05, 0.1) is 11.3 Å². The molecular weight excluding hydrogens is 244 g/mol. The van der Waals surface area contributed by atoms with Gasteiger partial charge in [0.2, 0.25) is 0 Å². The molecule has 3 rings (SSSR count). The van der Waals surface area contributed by atoms with Crippen LogP contribution in [0.5, 0.6) is 0 Å². The van der Waals surface area contributed by atoms with Crippen LogP contribution < -0.4 is 5.73 Å². The molecule has 18 heavy (non-hydrogen) atoms. The molecule has 5 heteroatoms. The molecule has 3 aromatic rings. The maximum absolute atomic E-state index is 5.59. The second kappa shape index (κ2) is 4.51. The van der Waals surface area contributed by atoms with Gasteiger partial charge < -0.3 is 5.73 Å². The lowest BCUT2D eigenvalue weighted by Gasteiger charge is -2.02. The molecule has 2 N–H and O–H groups in total. The Kier molecular flexibility index (Phi) is 2.85. The van der Waals surface area contributed by atoms with Crippen LogP contribution in [-0.2, 0) is 6.42 Å². The van der Waals surface area contributed by atoms with Crippen molar-refractivity contribution in [1.82, 2.24) is 14.4 Å². The monoisotopic (exact) mass is 258 g/mol. The van der Waals surface area contributed by atoms with E-state index in [9.17, 15) is 0 Å². The average molecular weight is 258 g/mol. The van der Waals surface area contributed by atoms with Crippen molar-refractivity contribution in [2.24, 2.45) is 5.73 Å². The number of imidazole rings is 1. The van der Waals surface area contributed by atoms with Crippen LogP contribution >= 0.6 is 11.3 Å². The van der Waals surface area contributed by atoms with Crippen LogP contribution in [0.4, 0.5) is 0 Å². The van der Waals surface area contributed by atoms with Gasteiger partial charge in [-0.05, 0) is 24.9 Å². The standard InChI is InChI=1S/C13H14N4S/c1-9-15-7-11(12-3-2-6-18-12)13-16-10(4-5-14)8-17(9)13/h2-3,6-8H,4-5,14H2,1H3. The topological polar surface area (TPSA) is 56.2 Å². The molecule has 0 saturated carbocycles. The van der Waals surface area contributed by atoms with Gasteiger partial charge in [-0.15, -0.1) is 11.3 Å². The Morgan fingerprint density at radius 1 is 1.44 bits per heavy atom. The van der Waals surface area contributed by atoms with E-state index >= 15 is 0 Å². The molecule has 0 radical (unpaired) electrons. The predicted octanol–water partition coefficient (Wildman–Crippen LogP) is 2.27. The minimum Gasteiger partial charge on any atom is -0.330 e. The first-order valence-corrected chi connectivity index (χ1v) is 6.75. The quantitative estimate of drug-likeness (QED) is 0.784. The van der Waals surface area contributed by atoms with Crippen LogP contribution in [0, 0.1) is 6.92 Å². The van der Waals surface area contributed by atoms with E-state index in [0.29, 0.717) is 6.54 Å². The summed E-state index contributed by atoms with van der Waals surface area (Å²) >= 11 is 1.70. The molecule has 0 aliphatic rings. The number of thiophene rings is 1. The molecule has 0 atom stereocenters. The smallest absolute Gasteiger partial charge is 0.148 e. The number of nitrogens with zero attached hydrogens (tertiary/aromatic N) is 3. The van der Waals surface area contributed by atoms with Gasteiger partial charge in [-0.1, -0.05) is 6.07 Å². The lowest BCUT2D eigenvalue weighted by molar-refractivity contribution is 0.933. The van der Waals surface area contributed by atoms with E-state index in [1.54, 1.807) is 11.3 Å². The van der Waals surface area contributed by atoms with Crippen molar-refractivity contribution < 1.29 is 0 Å². The van der Waals surface area contributed by atoms with E-state index in [4.69, 9.17) is 5.73 Å². The highest BCUT2D eigenvalue weighted by Gasteiger charge is 2.11. The van der Waals surface area contributed by atoms with E-state index < -0.39 is 0 Å². The largest absolute Gasteiger partial charge is 0.330 e. The summed E-state index contributed by atoms with van der Waals surface area (Å²) in [7, 11) is 0. The van der Waals surface area contributed by atoms with Crippen LogP contribution in [0.1, 0.15) is 11.5 Å². The molecule has 0 amide bonds. The fourth-order valence-electron chi connectivity index (χ4n) is 2.02. The molecule has 4 nitrogen and oxygen atoms in total. The van der Waals surface area contributed by atoms with Crippen molar-refractivity contribution in [3.63, 3.8) is 0 Å². The van der Waals surface area contributed by atoms with Gasteiger partial charge in [-0.2, -0.15) is 0 Å². The van der Waals surface area contributed by atoms with Gasteiger partial charge in [0, 0.05) is 23.7 Å². The van der Waals surface area contributed by atoms with Crippen LogP contribution in [-0.4, -0.2) is 20.9 Å². The molecule has 0 fully saturated rings. The highest BCUT2D eigenvalue weighted by Crippen LogP contribution is 2.28. The van der Waals surface area contributed by atoms with E-state index in [2.05, 4.69) is 21.4 Å². The first-order chi connectivity index (χ1) is 8.79. The molecule has 0 unspecified atom stereocenters. The van der Waals surface area contributed by atoms with Gasteiger partial charge in [0.25, 0.3) is 0 Å². The Hall–Kier alpha value is -1.72. The van der Waals surface area contributed by atoms with Gasteiger partial charge in [0.1, 0.15) is 11.5 Å². The van der Waals surface area contributed by atoms with Crippen LogP contribution in [0.25, 0.3) is 16.1 Å². The molecule has 0 spiro atoms. The Balaban J connectivity index is 2.24. The van der Waals surface area contributed by atoms with Crippen molar-refractivity contribution in [3.05, 3.63) is 41.4 Å². The zero-order chi connectivity index (χ0) is 12.5. The van der Waals surface area contributed by atoms with Crippen molar-refractivity contribution in [3.8, 4) is 10.4 Å². The van der Waals surface area contributed by atoms with Crippen LogP contribution in [0.3, 0.4) is 0 Å². The van der Waals surface area contributed by atoms with Crippen molar-refractivity contribution >= 4 is 17.0 Å². The zero-order valence-corrected chi connectivity index (χ0v) is 10.9. The summed E-state index contributed by atoms with van der Waals surface area (Å²) in [5, 5.41) is 2.06. The Labute approximate surface area is 109 Å². The molecule has 0 aromatic carbocycles. The zero-order valence-electron chi connectivity index (χ0n) is 10.1. The molecule has 0 aliphatic carbocycles. The normalized spacial score (nSPS) is 11.2. The summed E-state index contributed by atoms with van der Waals surface area (Å²) in [5.74, 6) is 0.945. The molecule has 92 valence electrons. The summed E-state index contributed by atoms with van der Waals surface area (Å²) in [6.07, 6.45) is 4.72. The third-order valence-corrected chi connectivity index (χ3v) is 3.82. The van der Waals surface area contributed by atoms with Crippen LogP contribution in [0.2, 0.25) is 0 Å². The average Bonchev–Trinajstić information content (AvgIpc) is 2.99. The first kappa shape index (κ1) is 11.4. The van der Waals surface area contributed by atoms with Crippen LogP contribution in [0.15, 0.2) is 29.9 Å². The van der Waals surface area contributed by atoms with Gasteiger partial charge in [0.15, 0.2) is 0 Å². The highest BCUT2D eigenvalue weighted by atomic mass is 32.1. The first-order valence-electron chi connectivity index (χ1n) is 5.87. The molecule has 0 bridgehead atoms. The lowest BCUT2D eigenvalue weighted by Crippen LogP contribution is -2.02. The molecular formula is C13H14N4S. The molecule has 3 heterocycles. The number of aromatic nitrogens is 3. The van der Waals surface area contributed by atoms with E-state index in [-0.39, 0.29) is 0 Å². The summed E-state index contributed by atoms with van der Waals surface area (Å²) in [6, 6.07) is 4.13. The third kappa shape index (κ3) is 1.81. The Bertz CT molecular complexity index is 670. The van der Waals surface area contributed by atoms with Crippen molar-refractivity contribution in [2.75, 3.05) is 6.54 Å². The SMILES string of the molecule is Cc1ncc(-c2cccs2)c2nc(CCN)cn12. The molecule has 0 aliphatic heterocycles. The highest BCUT2D eigenvalue weighted by molar-refractivity contribution is 7.13. The van der Waals surface area contributed by atoms with Crippen molar-refractivity contribution in [2.45, 2.75) is 13.3 Å². The minimum absolute atomic E-state index is 0.616. The second-order valence-corrected chi connectivity index (χ2v) is 5.11. The number of nitrogens with two attached hydrogens (primary N) is 1. The van der Waals surface area contributed by atoms with Crippen molar-refractivity contribution in [1.29, 1.82) is 0 Å². The van der Waals surface area contributed by atoms with Gasteiger partial charge in [-0.25, -0.2) is 9.97 Å². The van der Waals surface area contributed by atoms with Gasteiger partial charge >= 0.3 is 0 Å². The number of fused-ring (bicyclic) bond motifs is 1. The lowest BCUT2D eigenvalue weighted by atomic mass is 10.2. The maximum atomic E-state index is 5.59. The van der Waals surface area contributed by atoms with E-state index in [0.717, 1.165) is 29.1 Å². The summed E-state index contributed by atoms with van der Waals surface area (Å²) in [4.78, 5) is 10.3. The molecule has 0 saturated heterocycles. The third-order valence-electron chi connectivity index (χ3n) is 2.91. The summed E-state index contributed by atoms with van der Waals surface area (Å²) in [5.41, 5.74) is 8.66. The van der Waals surface area contributed by atoms with Gasteiger partial charge in [-0.3, -0.25) is 4.40 Å². The van der Waals surface area contributed by atoms with E-state index in [1.807, 2.05) is 29.8 Å². The fourth-order valence-corrected chi connectivity index (χ4v) is 2.75. The maximum Gasteiger partial charge on any atom is 0.148 e. The number of hydrogen-bond donors (Lipinski definition) is 1. The Morgan fingerprint density at radius 2 is 2.33 bits per heavy atom. The number of hydrogen-bond acceptors (Lipinski definition) is 4. The second-order valence-electron chi connectivity index (χ2n) is 4.16. The summed E-state index contributed by atoms with van der Waals surface area (Å²) < 4.78 is 2.04. The molecule has 3 aromatic heterocycles.